The van der Waals surface area contributed by atoms with E-state index >= 15 is 0 Å². The Labute approximate surface area is 84.5 Å². The molecule has 0 aromatic carbocycles. The molecule has 0 aliphatic heterocycles. The Hall–Kier alpha value is -1.32. The third-order valence-electron chi connectivity index (χ3n) is 1.81. The van der Waals surface area contributed by atoms with E-state index < -0.39 is 0 Å². The number of hydrogen-bond acceptors (Lipinski definition) is 4. The van der Waals surface area contributed by atoms with Gasteiger partial charge in [0.2, 0.25) is 0 Å². The van der Waals surface area contributed by atoms with Gasteiger partial charge in [0.25, 0.3) is 0 Å². The summed E-state index contributed by atoms with van der Waals surface area (Å²) in [5.41, 5.74) is 5.48. The zero-order valence-electron chi connectivity index (χ0n) is 8.73. The summed E-state index contributed by atoms with van der Waals surface area (Å²) in [4.78, 5) is 7.88. The molecule has 0 aliphatic rings. The highest BCUT2D eigenvalue weighted by atomic mass is 16.5. The lowest BCUT2D eigenvalue weighted by Crippen LogP contribution is -2.03. The van der Waals surface area contributed by atoms with E-state index in [1.165, 1.54) is 0 Å². The van der Waals surface area contributed by atoms with Crippen LogP contribution in [0.4, 0.5) is 5.82 Å². The van der Waals surface area contributed by atoms with Crippen molar-refractivity contribution in [2.24, 2.45) is 5.92 Å². The molecule has 0 saturated heterocycles. The highest BCUT2D eigenvalue weighted by molar-refractivity contribution is 5.26. The van der Waals surface area contributed by atoms with Crippen LogP contribution in [0.3, 0.4) is 0 Å². The molecule has 0 saturated carbocycles. The molecule has 0 fully saturated rings. The van der Waals surface area contributed by atoms with Crippen LogP contribution in [0.2, 0.25) is 0 Å². The third-order valence-corrected chi connectivity index (χ3v) is 1.81. The highest BCUT2D eigenvalue weighted by Crippen LogP contribution is 2.07. The highest BCUT2D eigenvalue weighted by Gasteiger charge is 1.98. The van der Waals surface area contributed by atoms with Gasteiger partial charge < -0.3 is 10.5 Å². The van der Waals surface area contributed by atoms with Gasteiger partial charge in [0.05, 0.1) is 6.61 Å². The molecule has 14 heavy (non-hydrogen) atoms. The number of aromatic nitrogens is 2. The lowest BCUT2D eigenvalue weighted by Gasteiger charge is -2.05. The van der Waals surface area contributed by atoms with Gasteiger partial charge in [-0.1, -0.05) is 13.8 Å². The van der Waals surface area contributed by atoms with Crippen molar-refractivity contribution in [3.63, 3.8) is 0 Å². The van der Waals surface area contributed by atoms with Gasteiger partial charge in [-0.25, -0.2) is 4.98 Å². The topological polar surface area (TPSA) is 61.0 Å². The van der Waals surface area contributed by atoms with Gasteiger partial charge in [-0.2, -0.15) is 4.98 Å². The molecule has 4 heteroatoms. The second kappa shape index (κ2) is 5.42. The molecule has 4 nitrogen and oxygen atoms in total. The molecule has 1 rings (SSSR count). The number of nitrogens with two attached hydrogens (primary N) is 1. The maximum absolute atomic E-state index is 5.48. The number of hydrogen-bond donors (Lipinski definition) is 1. The van der Waals surface area contributed by atoms with Gasteiger partial charge in [-0.15, -0.1) is 0 Å². The number of nitrogen functional groups attached to an aromatic ring is 1. The van der Waals surface area contributed by atoms with Crippen molar-refractivity contribution in [2.75, 3.05) is 12.3 Å². The molecule has 0 aliphatic carbocycles. The lowest BCUT2D eigenvalue weighted by molar-refractivity contribution is 0.276. The summed E-state index contributed by atoms with van der Waals surface area (Å²) in [7, 11) is 0. The van der Waals surface area contributed by atoms with Gasteiger partial charge in [0, 0.05) is 6.20 Å². The fourth-order valence-electron chi connectivity index (χ4n) is 1.08. The van der Waals surface area contributed by atoms with Crippen LogP contribution in [0.5, 0.6) is 6.01 Å². The van der Waals surface area contributed by atoms with Crippen LogP contribution in [0.1, 0.15) is 26.7 Å². The fourth-order valence-corrected chi connectivity index (χ4v) is 1.08. The standard InChI is InChI=1S/C10H17N3O/c1-8(2)4-3-7-14-10-12-6-5-9(11)13-10/h5-6,8H,3-4,7H2,1-2H3,(H2,11,12,13). The van der Waals surface area contributed by atoms with Gasteiger partial charge in [-0.3, -0.25) is 0 Å². The van der Waals surface area contributed by atoms with Crippen molar-refractivity contribution < 1.29 is 4.74 Å². The maximum Gasteiger partial charge on any atom is 0.318 e. The Kier molecular flexibility index (Phi) is 4.16. The van der Waals surface area contributed by atoms with Crippen LogP contribution in [0.15, 0.2) is 12.3 Å². The first kappa shape index (κ1) is 10.8. The lowest BCUT2D eigenvalue weighted by atomic mass is 10.1. The summed E-state index contributed by atoms with van der Waals surface area (Å²) in [6, 6.07) is 2.01. The van der Waals surface area contributed by atoms with Gasteiger partial charge >= 0.3 is 6.01 Å². The number of rotatable bonds is 5. The number of nitrogens with zero attached hydrogens (tertiary/aromatic N) is 2. The monoisotopic (exact) mass is 195 g/mol. The van der Waals surface area contributed by atoms with E-state index in [1.54, 1.807) is 12.3 Å². The molecule has 1 heterocycles. The summed E-state index contributed by atoms with van der Waals surface area (Å²) in [5, 5.41) is 0. The Balaban J connectivity index is 2.25. The maximum atomic E-state index is 5.48. The SMILES string of the molecule is CC(C)CCCOc1nccc(N)n1. The number of ether oxygens (including phenoxy) is 1. The van der Waals surface area contributed by atoms with Crippen LogP contribution in [0.25, 0.3) is 0 Å². The van der Waals surface area contributed by atoms with Crippen molar-refractivity contribution in [3.05, 3.63) is 12.3 Å². The Morgan fingerprint density at radius 2 is 2.29 bits per heavy atom. The van der Waals surface area contributed by atoms with Crippen LogP contribution >= 0.6 is 0 Å². The van der Waals surface area contributed by atoms with Gasteiger partial charge in [-0.05, 0) is 24.8 Å². The van der Waals surface area contributed by atoms with Crippen molar-refractivity contribution in [1.29, 1.82) is 0 Å². The second-order valence-corrected chi connectivity index (χ2v) is 3.65. The van der Waals surface area contributed by atoms with Crippen molar-refractivity contribution in [1.82, 2.24) is 9.97 Å². The molecule has 0 amide bonds. The van der Waals surface area contributed by atoms with Crippen molar-refractivity contribution in [2.45, 2.75) is 26.7 Å². The van der Waals surface area contributed by atoms with E-state index in [0.717, 1.165) is 12.8 Å². The van der Waals surface area contributed by atoms with Crippen LogP contribution < -0.4 is 10.5 Å². The minimum Gasteiger partial charge on any atom is -0.463 e. The van der Waals surface area contributed by atoms with E-state index in [0.29, 0.717) is 24.4 Å². The average molecular weight is 195 g/mol. The van der Waals surface area contributed by atoms with E-state index in [2.05, 4.69) is 23.8 Å². The number of anilines is 1. The molecule has 78 valence electrons. The second-order valence-electron chi connectivity index (χ2n) is 3.65. The predicted octanol–water partition coefficient (Wildman–Crippen LogP) is 1.87. The summed E-state index contributed by atoms with van der Waals surface area (Å²) in [6.07, 6.45) is 3.78. The predicted molar refractivity (Wildman–Crippen MR) is 56.0 cm³/mol. The Morgan fingerprint density at radius 1 is 1.50 bits per heavy atom. The zero-order chi connectivity index (χ0) is 10.4. The summed E-state index contributed by atoms with van der Waals surface area (Å²) in [6.45, 7) is 5.04. The third kappa shape index (κ3) is 4.07. The first-order valence-electron chi connectivity index (χ1n) is 4.90. The smallest absolute Gasteiger partial charge is 0.318 e. The molecule has 1 aromatic heterocycles. The van der Waals surface area contributed by atoms with E-state index in [4.69, 9.17) is 10.5 Å². The van der Waals surface area contributed by atoms with E-state index in [-0.39, 0.29) is 0 Å². The fraction of sp³-hybridized carbons (Fsp3) is 0.600. The molecule has 1 aromatic rings. The molecular weight excluding hydrogens is 178 g/mol. The largest absolute Gasteiger partial charge is 0.463 e. The van der Waals surface area contributed by atoms with Crippen LogP contribution in [0, 0.1) is 5.92 Å². The molecule has 0 unspecified atom stereocenters. The summed E-state index contributed by atoms with van der Waals surface area (Å²) in [5.74, 6) is 1.15. The normalized spacial score (nSPS) is 10.5. The van der Waals surface area contributed by atoms with Gasteiger partial charge in [0.15, 0.2) is 0 Å². The van der Waals surface area contributed by atoms with Crippen LogP contribution in [-0.2, 0) is 0 Å². The molecule has 0 radical (unpaired) electrons. The van der Waals surface area contributed by atoms with Crippen LogP contribution in [-0.4, -0.2) is 16.6 Å². The molecule has 0 bridgehead atoms. The minimum absolute atomic E-state index is 0.369. The first-order chi connectivity index (χ1) is 6.68. The summed E-state index contributed by atoms with van der Waals surface area (Å²) >= 11 is 0. The van der Waals surface area contributed by atoms with Gasteiger partial charge in [0.1, 0.15) is 5.82 Å². The van der Waals surface area contributed by atoms with E-state index in [9.17, 15) is 0 Å². The quantitative estimate of drug-likeness (QED) is 0.729. The average Bonchev–Trinajstić information content (AvgIpc) is 2.12. The Morgan fingerprint density at radius 3 is 2.93 bits per heavy atom. The van der Waals surface area contributed by atoms with Crippen molar-refractivity contribution >= 4 is 5.82 Å². The zero-order valence-corrected chi connectivity index (χ0v) is 8.73. The summed E-state index contributed by atoms with van der Waals surface area (Å²) < 4.78 is 5.34. The minimum atomic E-state index is 0.369. The first-order valence-corrected chi connectivity index (χ1v) is 4.90. The molecule has 0 spiro atoms. The van der Waals surface area contributed by atoms with Crippen molar-refractivity contribution in [3.8, 4) is 6.01 Å². The molecule has 2 N–H and O–H groups in total. The molecular formula is C10H17N3O. The van der Waals surface area contributed by atoms with E-state index in [1.807, 2.05) is 0 Å². The molecule has 0 atom stereocenters. The Bertz CT molecular complexity index is 276.